The van der Waals surface area contributed by atoms with Gasteiger partial charge >= 0.3 is 0 Å². The Bertz CT molecular complexity index is 1510. The first-order chi connectivity index (χ1) is 16.8. The van der Waals surface area contributed by atoms with Crippen molar-refractivity contribution in [3.05, 3.63) is 71.8 Å². The number of unbranched alkanes of at least 4 members (excludes halogenated alkanes) is 4. The Balaban J connectivity index is 1.46. The van der Waals surface area contributed by atoms with E-state index in [9.17, 15) is 0 Å². The van der Waals surface area contributed by atoms with E-state index in [-0.39, 0.29) is 0 Å². The molecule has 0 N–H and O–H groups in total. The first-order valence-corrected chi connectivity index (χ1v) is 14.6. The van der Waals surface area contributed by atoms with Crippen LogP contribution in [0.5, 0.6) is 0 Å². The Kier molecular flexibility index (Phi) is 6.05. The van der Waals surface area contributed by atoms with Crippen LogP contribution in [0.2, 0.25) is 0 Å². The first kappa shape index (κ1) is 22.1. The lowest BCUT2D eigenvalue weighted by molar-refractivity contribution is 0.718. The maximum atomic E-state index is 2.44. The molecule has 0 unspecified atom stereocenters. The van der Waals surface area contributed by atoms with E-state index in [4.69, 9.17) is 0 Å². The van der Waals surface area contributed by atoms with E-state index in [1.54, 1.807) is 0 Å². The maximum absolute atomic E-state index is 2.44. The molecule has 0 bridgehead atoms. The summed E-state index contributed by atoms with van der Waals surface area (Å²) in [7, 11) is 0. The second-order valence-electron chi connectivity index (χ2n) is 9.76. The van der Waals surface area contributed by atoms with Crippen molar-refractivity contribution in [2.45, 2.75) is 65.2 Å². The highest BCUT2D eigenvalue weighted by atomic mass is 32.1. The lowest BCUT2D eigenvalue weighted by Crippen LogP contribution is -1.84. The van der Waals surface area contributed by atoms with Gasteiger partial charge in [-0.25, -0.2) is 0 Å². The Morgan fingerprint density at radius 3 is 1.26 bits per heavy atom. The maximum Gasteiger partial charge on any atom is 0.0434 e. The largest absolute Gasteiger partial charge is 0.135 e. The smallest absolute Gasteiger partial charge is 0.0434 e. The molecule has 0 radical (unpaired) electrons. The van der Waals surface area contributed by atoms with Crippen LogP contribution in [0.3, 0.4) is 0 Å². The van der Waals surface area contributed by atoms with Gasteiger partial charge in [-0.3, -0.25) is 0 Å². The minimum Gasteiger partial charge on any atom is -0.135 e. The van der Waals surface area contributed by atoms with E-state index in [2.05, 4.69) is 74.5 Å². The molecule has 6 rings (SSSR count). The van der Waals surface area contributed by atoms with Crippen molar-refractivity contribution in [1.82, 2.24) is 0 Å². The highest BCUT2D eigenvalue weighted by Gasteiger charge is 2.14. The molecule has 2 heterocycles. The van der Waals surface area contributed by atoms with Crippen molar-refractivity contribution in [3.63, 3.8) is 0 Å². The summed E-state index contributed by atoms with van der Waals surface area (Å²) < 4.78 is 5.75. The molecule has 6 aromatic rings. The fourth-order valence-corrected chi connectivity index (χ4v) is 8.02. The molecule has 0 fully saturated rings. The molecule has 0 aliphatic carbocycles. The van der Waals surface area contributed by atoms with Gasteiger partial charge in [-0.2, -0.15) is 0 Å². The Morgan fingerprint density at radius 2 is 0.853 bits per heavy atom. The molecule has 0 aliphatic heterocycles. The SMILES string of the molecule is CCCCCc1ccc2c(c1)sc1c2ccc2c1ccc1c3ccc(CCCCC)cc3sc12. The average Bonchev–Trinajstić information content (AvgIpc) is 3.42. The van der Waals surface area contributed by atoms with E-state index < -0.39 is 0 Å². The Morgan fingerprint density at radius 1 is 0.471 bits per heavy atom. The van der Waals surface area contributed by atoms with E-state index in [1.165, 1.54) is 114 Å². The van der Waals surface area contributed by atoms with Gasteiger partial charge in [0.15, 0.2) is 0 Å². The molecule has 0 aliphatic rings. The van der Waals surface area contributed by atoms with Gasteiger partial charge in [-0.15, -0.1) is 22.7 Å². The zero-order valence-electron chi connectivity index (χ0n) is 20.2. The second kappa shape index (κ2) is 9.32. The van der Waals surface area contributed by atoms with Crippen LogP contribution in [0, 0.1) is 0 Å². The van der Waals surface area contributed by atoms with Gasteiger partial charge < -0.3 is 0 Å². The minimum atomic E-state index is 1.20. The van der Waals surface area contributed by atoms with Crippen LogP contribution in [0.1, 0.15) is 63.5 Å². The van der Waals surface area contributed by atoms with Gasteiger partial charge in [-0.1, -0.05) is 88.1 Å². The van der Waals surface area contributed by atoms with E-state index >= 15 is 0 Å². The minimum absolute atomic E-state index is 1.20. The van der Waals surface area contributed by atoms with E-state index in [0.717, 1.165) is 0 Å². The number of rotatable bonds is 8. The third kappa shape index (κ3) is 3.82. The Labute approximate surface area is 210 Å². The number of hydrogen-bond donors (Lipinski definition) is 0. The van der Waals surface area contributed by atoms with Crippen LogP contribution < -0.4 is 0 Å². The van der Waals surface area contributed by atoms with Gasteiger partial charge in [0, 0.05) is 51.1 Å². The number of fused-ring (bicyclic) bond motifs is 9. The second-order valence-corrected chi connectivity index (χ2v) is 11.9. The molecule has 2 heteroatoms. The molecule has 0 atom stereocenters. The summed E-state index contributed by atoms with van der Waals surface area (Å²) >= 11 is 3.96. The van der Waals surface area contributed by atoms with Gasteiger partial charge in [0.2, 0.25) is 0 Å². The fraction of sp³-hybridized carbons (Fsp3) is 0.312. The third-order valence-corrected chi connectivity index (χ3v) is 9.74. The standard InChI is InChI=1S/C32H32S2/c1-3-5-7-9-21-11-13-23-25-15-17-28-27(31(25)33-29(23)19-21)18-16-26-24-14-12-22(10-8-6-4-2)20-30(24)34-32(26)28/h11-20H,3-10H2,1-2H3. The summed E-state index contributed by atoms with van der Waals surface area (Å²) in [6, 6.07) is 23.8. The molecular weight excluding hydrogens is 448 g/mol. The Hall–Kier alpha value is -2.42. The molecule has 0 nitrogen and oxygen atoms in total. The van der Waals surface area contributed by atoms with Crippen LogP contribution in [-0.4, -0.2) is 0 Å². The lowest BCUT2D eigenvalue weighted by atomic mass is 10.0. The lowest BCUT2D eigenvalue weighted by Gasteiger charge is -2.02. The molecule has 0 saturated carbocycles. The molecule has 0 saturated heterocycles. The van der Waals surface area contributed by atoms with Crippen LogP contribution in [0.25, 0.3) is 51.1 Å². The summed E-state index contributed by atoms with van der Waals surface area (Å²) in [4.78, 5) is 0. The van der Waals surface area contributed by atoms with Gasteiger partial charge in [0.25, 0.3) is 0 Å². The monoisotopic (exact) mass is 480 g/mol. The van der Waals surface area contributed by atoms with Crippen molar-refractivity contribution < 1.29 is 0 Å². The number of hydrogen-bond acceptors (Lipinski definition) is 2. The number of benzene rings is 4. The van der Waals surface area contributed by atoms with Crippen molar-refractivity contribution in [3.8, 4) is 0 Å². The van der Waals surface area contributed by atoms with Crippen LogP contribution in [0.4, 0.5) is 0 Å². The summed E-state index contributed by atoms with van der Waals surface area (Å²) in [5, 5.41) is 8.46. The summed E-state index contributed by atoms with van der Waals surface area (Å²) in [5.74, 6) is 0. The fourth-order valence-electron chi connectivity index (χ4n) is 5.43. The predicted octanol–water partition coefficient (Wildman–Crippen LogP) is 11.0. The van der Waals surface area contributed by atoms with E-state index in [0.29, 0.717) is 0 Å². The third-order valence-electron chi connectivity index (χ3n) is 7.34. The quantitative estimate of drug-likeness (QED) is 0.190. The van der Waals surface area contributed by atoms with Crippen molar-refractivity contribution in [2.75, 3.05) is 0 Å². The zero-order chi connectivity index (χ0) is 23.1. The highest BCUT2D eigenvalue weighted by Crippen LogP contribution is 2.44. The van der Waals surface area contributed by atoms with Crippen LogP contribution in [-0.2, 0) is 12.8 Å². The number of aryl methyl sites for hydroxylation is 2. The molecule has 34 heavy (non-hydrogen) atoms. The number of thiophene rings is 2. The van der Waals surface area contributed by atoms with Crippen LogP contribution >= 0.6 is 22.7 Å². The van der Waals surface area contributed by atoms with Crippen molar-refractivity contribution in [1.29, 1.82) is 0 Å². The summed E-state index contributed by atoms with van der Waals surface area (Å²) in [6.45, 7) is 4.56. The highest BCUT2D eigenvalue weighted by molar-refractivity contribution is 7.28. The predicted molar refractivity (Wildman–Crippen MR) is 156 cm³/mol. The topological polar surface area (TPSA) is 0 Å². The van der Waals surface area contributed by atoms with Gasteiger partial charge in [0.05, 0.1) is 0 Å². The normalized spacial score (nSPS) is 12.2. The first-order valence-electron chi connectivity index (χ1n) is 13.0. The van der Waals surface area contributed by atoms with Gasteiger partial charge in [-0.05, 0) is 48.9 Å². The van der Waals surface area contributed by atoms with Crippen molar-refractivity contribution in [2.24, 2.45) is 0 Å². The molecular formula is C32H32S2. The van der Waals surface area contributed by atoms with Gasteiger partial charge in [0.1, 0.15) is 0 Å². The summed E-state index contributed by atoms with van der Waals surface area (Å²) in [5.41, 5.74) is 2.97. The molecule has 4 aromatic carbocycles. The average molecular weight is 481 g/mol. The van der Waals surface area contributed by atoms with Crippen molar-refractivity contribution >= 4 is 73.8 Å². The molecule has 172 valence electrons. The van der Waals surface area contributed by atoms with Crippen LogP contribution in [0.15, 0.2) is 60.7 Å². The molecule has 0 spiro atoms. The summed E-state index contributed by atoms with van der Waals surface area (Å²) in [6.07, 6.45) is 10.2. The molecule has 0 amide bonds. The zero-order valence-corrected chi connectivity index (χ0v) is 21.9. The van der Waals surface area contributed by atoms with E-state index in [1.807, 2.05) is 22.7 Å². The molecule has 2 aromatic heterocycles.